The average Bonchev–Trinajstić information content (AvgIpc) is 2.50. The van der Waals surface area contributed by atoms with E-state index < -0.39 is 6.09 Å². The minimum atomic E-state index is -0.745. The number of carbonyl (C=O) groups excluding carboxylic acids is 3. The van der Waals surface area contributed by atoms with Gasteiger partial charge in [0.1, 0.15) is 0 Å². The van der Waals surface area contributed by atoms with Gasteiger partial charge in [-0.2, -0.15) is 0 Å². The Kier molecular flexibility index (Phi) is 13.2. The van der Waals surface area contributed by atoms with Crippen LogP contribution < -0.4 is 11.5 Å². The molecule has 0 bridgehead atoms. The summed E-state index contributed by atoms with van der Waals surface area (Å²) in [7, 11) is 1.22. The van der Waals surface area contributed by atoms with Crippen LogP contribution in [0.4, 0.5) is 4.79 Å². The maximum atomic E-state index is 11.3. The molecule has 0 heterocycles. The van der Waals surface area contributed by atoms with Gasteiger partial charge in [0.15, 0.2) is 0 Å². The molecule has 1 aliphatic carbocycles. The SMILES string of the molecule is CC.CC(C)N(C=O)C1CCCCC1C(N)=O.COC(N)=O. The van der Waals surface area contributed by atoms with Gasteiger partial charge in [-0.1, -0.05) is 26.7 Å². The minimum absolute atomic E-state index is 0.00810. The number of rotatable bonds is 4. The largest absolute Gasteiger partial charge is 0.453 e. The fourth-order valence-electron chi connectivity index (χ4n) is 2.38. The molecule has 22 heavy (non-hydrogen) atoms. The Morgan fingerprint density at radius 2 is 1.64 bits per heavy atom. The monoisotopic (exact) mass is 317 g/mol. The fraction of sp³-hybridized carbons (Fsp3) is 0.800. The van der Waals surface area contributed by atoms with Crippen molar-refractivity contribution < 1.29 is 19.1 Å². The van der Waals surface area contributed by atoms with Crippen molar-refractivity contribution in [2.24, 2.45) is 17.4 Å². The van der Waals surface area contributed by atoms with Gasteiger partial charge in [0.25, 0.3) is 0 Å². The Labute approximate surface area is 133 Å². The van der Waals surface area contributed by atoms with E-state index in [0.29, 0.717) is 0 Å². The third kappa shape index (κ3) is 8.49. The summed E-state index contributed by atoms with van der Waals surface area (Å²) in [6.45, 7) is 7.92. The number of amides is 3. The number of hydrogen-bond acceptors (Lipinski definition) is 4. The first kappa shape index (κ1) is 22.5. The number of carbonyl (C=O) groups is 3. The van der Waals surface area contributed by atoms with Gasteiger partial charge in [0.2, 0.25) is 12.3 Å². The van der Waals surface area contributed by atoms with E-state index in [1.54, 1.807) is 4.90 Å². The van der Waals surface area contributed by atoms with Crippen molar-refractivity contribution in [1.82, 2.24) is 4.90 Å². The van der Waals surface area contributed by atoms with Crippen molar-refractivity contribution in [1.29, 1.82) is 0 Å². The summed E-state index contributed by atoms with van der Waals surface area (Å²) in [6.07, 6.45) is 3.92. The zero-order valence-corrected chi connectivity index (χ0v) is 14.4. The highest BCUT2D eigenvalue weighted by Crippen LogP contribution is 2.28. The number of nitrogens with two attached hydrogens (primary N) is 2. The number of primary amides is 2. The van der Waals surface area contributed by atoms with Crippen molar-refractivity contribution in [3.05, 3.63) is 0 Å². The molecule has 4 N–H and O–H groups in total. The summed E-state index contributed by atoms with van der Waals surface area (Å²) in [4.78, 5) is 33.4. The summed E-state index contributed by atoms with van der Waals surface area (Å²) in [5.74, 6) is -0.432. The molecule has 1 aliphatic rings. The van der Waals surface area contributed by atoms with Gasteiger partial charge in [0, 0.05) is 12.1 Å². The van der Waals surface area contributed by atoms with E-state index in [9.17, 15) is 14.4 Å². The molecule has 0 aromatic carbocycles. The third-order valence-corrected chi connectivity index (χ3v) is 3.40. The molecule has 7 heteroatoms. The molecule has 0 spiro atoms. The molecule has 2 unspecified atom stereocenters. The van der Waals surface area contributed by atoms with Gasteiger partial charge >= 0.3 is 6.09 Å². The van der Waals surface area contributed by atoms with Gasteiger partial charge in [-0.05, 0) is 26.7 Å². The van der Waals surface area contributed by atoms with E-state index in [1.165, 1.54) is 7.11 Å². The molecule has 0 aromatic rings. The Bertz CT molecular complexity index is 333. The first-order chi connectivity index (χ1) is 10.3. The maximum absolute atomic E-state index is 11.3. The van der Waals surface area contributed by atoms with Crippen molar-refractivity contribution in [3.63, 3.8) is 0 Å². The van der Waals surface area contributed by atoms with Crippen molar-refractivity contribution in [2.45, 2.75) is 65.5 Å². The lowest BCUT2D eigenvalue weighted by Crippen LogP contribution is -2.49. The molecule has 1 rings (SSSR count). The van der Waals surface area contributed by atoms with Gasteiger partial charge < -0.3 is 21.1 Å². The second kappa shape index (κ2) is 12.9. The Balaban J connectivity index is 0. The van der Waals surface area contributed by atoms with Crippen LogP contribution in [-0.4, -0.2) is 42.5 Å². The minimum Gasteiger partial charge on any atom is -0.453 e. The van der Waals surface area contributed by atoms with Crippen molar-refractivity contribution in [3.8, 4) is 0 Å². The highest BCUT2D eigenvalue weighted by atomic mass is 16.5. The predicted molar refractivity (Wildman–Crippen MR) is 85.9 cm³/mol. The summed E-state index contributed by atoms with van der Waals surface area (Å²) < 4.78 is 3.89. The van der Waals surface area contributed by atoms with E-state index in [4.69, 9.17) is 5.73 Å². The molecule has 1 saturated carbocycles. The van der Waals surface area contributed by atoms with Crippen LogP contribution in [0.2, 0.25) is 0 Å². The molecular weight excluding hydrogens is 286 g/mol. The Morgan fingerprint density at radius 3 is 1.95 bits per heavy atom. The van der Waals surface area contributed by atoms with E-state index in [2.05, 4.69) is 10.5 Å². The van der Waals surface area contributed by atoms with E-state index in [-0.39, 0.29) is 23.9 Å². The highest BCUT2D eigenvalue weighted by molar-refractivity contribution is 5.78. The van der Waals surface area contributed by atoms with Crippen LogP contribution in [0, 0.1) is 5.92 Å². The Morgan fingerprint density at radius 1 is 1.18 bits per heavy atom. The van der Waals surface area contributed by atoms with Gasteiger partial charge in [0.05, 0.1) is 13.0 Å². The van der Waals surface area contributed by atoms with Crippen molar-refractivity contribution in [2.75, 3.05) is 7.11 Å². The molecule has 3 amide bonds. The molecule has 0 saturated heterocycles. The summed E-state index contributed by atoms with van der Waals surface area (Å²) in [6, 6.07) is 0.140. The molecule has 1 fully saturated rings. The normalized spacial score (nSPS) is 19.7. The summed E-state index contributed by atoms with van der Waals surface area (Å²) >= 11 is 0. The third-order valence-electron chi connectivity index (χ3n) is 3.40. The van der Waals surface area contributed by atoms with Gasteiger partial charge in [-0.15, -0.1) is 0 Å². The number of ether oxygens (including phenoxy) is 1. The van der Waals surface area contributed by atoms with Gasteiger partial charge in [-0.25, -0.2) is 4.79 Å². The lowest BCUT2D eigenvalue weighted by Gasteiger charge is -2.38. The van der Waals surface area contributed by atoms with Gasteiger partial charge in [-0.3, -0.25) is 9.59 Å². The quantitative estimate of drug-likeness (QED) is 0.766. The zero-order chi connectivity index (χ0) is 17.7. The average molecular weight is 317 g/mol. The second-order valence-corrected chi connectivity index (χ2v) is 5.03. The number of methoxy groups -OCH3 is 1. The standard InChI is InChI=1S/C11H20N2O2.C2H5NO2.C2H6/c1-8(2)13(7-14)10-6-4-3-5-9(10)11(12)15;1-5-2(3)4;1-2/h7-10H,3-6H2,1-2H3,(H2,12,15);1H3,(H2,3,4);1-2H3. The van der Waals surface area contributed by atoms with E-state index >= 15 is 0 Å². The van der Waals surface area contributed by atoms with Crippen LogP contribution >= 0.6 is 0 Å². The molecule has 0 radical (unpaired) electrons. The maximum Gasteiger partial charge on any atom is 0.404 e. The van der Waals surface area contributed by atoms with Crippen LogP contribution in [-0.2, 0) is 14.3 Å². The smallest absolute Gasteiger partial charge is 0.404 e. The van der Waals surface area contributed by atoms with Crippen molar-refractivity contribution >= 4 is 18.4 Å². The van der Waals surface area contributed by atoms with Crippen LogP contribution in [0.1, 0.15) is 53.4 Å². The molecule has 0 aromatic heterocycles. The van der Waals surface area contributed by atoms with Crippen LogP contribution in [0.3, 0.4) is 0 Å². The lowest BCUT2D eigenvalue weighted by atomic mass is 9.83. The van der Waals surface area contributed by atoms with Crippen LogP contribution in [0.15, 0.2) is 0 Å². The molecular formula is C15H31N3O4. The molecule has 0 aliphatic heterocycles. The highest BCUT2D eigenvalue weighted by Gasteiger charge is 2.34. The Hall–Kier alpha value is -1.79. The first-order valence-corrected chi connectivity index (χ1v) is 7.70. The zero-order valence-electron chi connectivity index (χ0n) is 14.4. The second-order valence-electron chi connectivity index (χ2n) is 5.03. The van der Waals surface area contributed by atoms with Crippen LogP contribution in [0.25, 0.3) is 0 Å². The van der Waals surface area contributed by atoms with E-state index in [1.807, 2.05) is 27.7 Å². The topological polar surface area (TPSA) is 116 Å². The molecule has 7 nitrogen and oxygen atoms in total. The summed E-state index contributed by atoms with van der Waals surface area (Å²) in [5, 5.41) is 0. The molecule has 130 valence electrons. The summed E-state index contributed by atoms with van der Waals surface area (Å²) in [5.41, 5.74) is 9.80. The molecule has 2 atom stereocenters. The lowest BCUT2D eigenvalue weighted by molar-refractivity contribution is -0.130. The first-order valence-electron chi connectivity index (χ1n) is 7.70. The van der Waals surface area contributed by atoms with Crippen LogP contribution in [0.5, 0.6) is 0 Å². The fourth-order valence-corrected chi connectivity index (χ4v) is 2.38. The van der Waals surface area contributed by atoms with E-state index in [0.717, 1.165) is 32.1 Å². The number of hydrogen-bond donors (Lipinski definition) is 2. The predicted octanol–water partition coefficient (Wildman–Crippen LogP) is 1.64. The number of nitrogens with zero attached hydrogens (tertiary/aromatic N) is 1.